The van der Waals surface area contributed by atoms with Gasteiger partial charge in [-0.2, -0.15) is 5.10 Å². The molecule has 5 aromatic carbocycles. The fourth-order valence-corrected chi connectivity index (χ4v) is 10.6. The number of fused-ring (bicyclic) bond motifs is 1. The lowest BCUT2D eigenvalue weighted by molar-refractivity contribution is 0.310. The van der Waals surface area contributed by atoms with E-state index in [1.54, 1.807) is 4.68 Å². The van der Waals surface area contributed by atoms with E-state index in [-0.39, 0.29) is 5.56 Å². The van der Waals surface area contributed by atoms with Crippen LogP contribution in [0.3, 0.4) is 0 Å². The lowest BCUT2D eigenvalue weighted by atomic mass is 10.0. The largest absolute Gasteiger partial charge is 0.494 e. The second-order valence-corrected chi connectivity index (χ2v) is 15.0. The first-order valence-corrected chi connectivity index (χ1v) is 18.0. The summed E-state index contributed by atoms with van der Waals surface area (Å²) < 4.78 is 7.87. The predicted molar refractivity (Wildman–Crippen MR) is 191 cm³/mol. The molecule has 4 nitrogen and oxygen atoms in total. The fraction of sp³-hybridized carbons (Fsp3) is 0.200. The Bertz CT molecular complexity index is 1780. The number of benzene rings is 5. The smallest absolute Gasteiger partial charge is 0.274 e. The van der Waals surface area contributed by atoms with Crippen molar-refractivity contribution in [2.75, 3.05) is 12.8 Å². The summed E-state index contributed by atoms with van der Waals surface area (Å²) in [6.07, 6.45) is 5.03. The van der Waals surface area contributed by atoms with Crippen LogP contribution in [0.2, 0.25) is 0 Å². The Morgan fingerprint density at radius 2 is 1.16 bits per heavy atom. The normalized spacial score (nSPS) is 11.5. The van der Waals surface area contributed by atoms with Crippen LogP contribution in [0.15, 0.2) is 144 Å². The molecule has 0 N–H and O–H groups in total. The lowest BCUT2D eigenvalue weighted by Crippen LogP contribution is -2.33. The number of rotatable bonds is 13. The maximum atomic E-state index is 13.0. The van der Waals surface area contributed by atoms with Gasteiger partial charge in [-0.25, -0.2) is 4.68 Å². The average Bonchev–Trinajstić information content (AvgIpc) is 3.11. The van der Waals surface area contributed by atoms with Gasteiger partial charge in [-0.3, -0.25) is 4.79 Å². The van der Waals surface area contributed by atoms with Gasteiger partial charge < -0.3 is 4.74 Å². The molecule has 0 unspecified atom stereocenters. The molecule has 0 fully saturated rings. The molecule has 6 rings (SSSR count). The molecule has 5 heteroatoms. The summed E-state index contributed by atoms with van der Waals surface area (Å²) in [6, 6.07) is 49.0. The van der Waals surface area contributed by atoms with Gasteiger partial charge in [0.05, 0.1) is 23.8 Å². The van der Waals surface area contributed by atoms with Gasteiger partial charge in [-0.15, -0.1) is 0 Å². The molecule has 1 heterocycles. The number of unbranched alkanes of at least 4 members (excludes halogenated alkanes) is 2. The van der Waals surface area contributed by atoms with Crippen LogP contribution in [0.25, 0.3) is 22.0 Å². The summed E-state index contributed by atoms with van der Waals surface area (Å²) in [5.74, 6) is 0.845. The van der Waals surface area contributed by atoms with E-state index in [9.17, 15) is 4.79 Å². The third-order valence-electron chi connectivity index (χ3n) is 8.47. The number of aryl methyl sites for hydroxylation is 1. The quantitative estimate of drug-likeness (QED) is 0.0982. The summed E-state index contributed by atoms with van der Waals surface area (Å²) in [7, 11) is -1.83. The van der Waals surface area contributed by atoms with Crippen molar-refractivity contribution in [2.24, 2.45) is 0 Å². The van der Waals surface area contributed by atoms with E-state index in [1.165, 1.54) is 15.9 Å². The molecule has 0 amide bonds. The SMILES string of the molecule is CCCCn1nc(-c2ccc(OCCCC[P+](c3ccccc3)(c3ccccc3)c3ccccc3)cc2)c2ccccc2c1=O. The van der Waals surface area contributed by atoms with Gasteiger partial charge >= 0.3 is 0 Å². The van der Waals surface area contributed by atoms with E-state index in [1.807, 2.05) is 36.4 Å². The molecule has 0 radical (unpaired) electrons. The second-order valence-electron chi connectivity index (χ2n) is 11.4. The van der Waals surface area contributed by atoms with Crippen LogP contribution >= 0.6 is 7.26 Å². The highest BCUT2D eigenvalue weighted by atomic mass is 31.2. The van der Waals surface area contributed by atoms with Crippen LogP contribution in [0, 0.1) is 0 Å². The van der Waals surface area contributed by atoms with Crippen molar-refractivity contribution < 1.29 is 4.74 Å². The zero-order valence-corrected chi connectivity index (χ0v) is 26.8. The van der Waals surface area contributed by atoms with Gasteiger partial charge in [0, 0.05) is 17.5 Å². The van der Waals surface area contributed by atoms with Gasteiger partial charge in [-0.1, -0.05) is 86.1 Å². The minimum atomic E-state index is -1.83. The summed E-state index contributed by atoms with van der Waals surface area (Å²) in [5, 5.41) is 10.6. The van der Waals surface area contributed by atoms with E-state index in [0.717, 1.165) is 54.2 Å². The molecule has 0 bridgehead atoms. The Balaban J connectivity index is 1.17. The standard InChI is InChI=1S/C40H40N2O2P/c1-2-3-29-42-40(43)38-24-14-13-23-37(38)39(41-42)32-25-27-33(28-26-32)44-30-15-16-31-45(34-17-7-4-8-18-34,35-19-9-5-10-20-35)36-21-11-6-12-22-36/h4-14,17-28H,2-3,15-16,29-31H2,1H3/q+1. The molecular weight excluding hydrogens is 571 g/mol. The monoisotopic (exact) mass is 611 g/mol. The third kappa shape index (κ3) is 6.62. The molecule has 0 spiro atoms. The van der Waals surface area contributed by atoms with E-state index in [2.05, 4.69) is 110 Å². The molecular formula is C40H40N2O2P+. The molecule has 0 saturated carbocycles. The van der Waals surface area contributed by atoms with E-state index >= 15 is 0 Å². The van der Waals surface area contributed by atoms with Crippen LogP contribution in [0.5, 0.6) is 5.75 Å². The summed E-state index contributed by atoms with van der Waals surface area (Å²) in [6.45, 7) is 3.40. The van der Waals surface area contributed by atoms with Crippen molar-refractivity contribution in [3.8, 4) is 17.0 Å². The molecule has 0 aliphatic rings. The van der Waals surface area contributed by atoms with Crippen LogP contribution in [0.4, 0.5) is 0 Å². The first-order chi connectivity index (χ1) is 22.2. The molecule has 45 heavy (non-hydrogen) atoms. The first kappa shape index (κ1) is 30.5. The molecule has 0 aliphatic heterocycles. The molecule has 226 valence electrons. The highest BCUT2D eigenvalue weighted by molar-refractivity contribution is 7.95. The Hall–Kier alpha value is -4.53. The Kier molecular flexibility index (Phi) is 9.83. The minimum Gasteiger partial charge on any atom is -0.494 e. The Labute approximate surface area is 266 Å². The maximum absolute atomic E-state index is 13.0. The molecule has 0 atom stereocenters. The topological polar surface area (TPSA) is 44.1 Å². The number of aromatic nitrogens is 2. The fourth-order valence-electron chi connectivity index (χ4n) is 6.14. The van der Waals surface area contributed by atoms with Crippen molar-refractivity contribution >= 4 is 33.9 Å². The molecule has 0 saturated heterocycles. The van der Waals surface area contributed by atoms with Crippen molar-refractivity contribution in [1.29, 1.82) is 0 Å². The summed E-state index contributed by atoms with van der Waals surface area (Å²) in [4.78, 5) is 13.0. The number of hydrogen-bond donors (Lipinski definition) is 0. The molecule has 1 aromatic heterocycles. The van der Waals surface area contributed by atoms with Gasteiger partial charge in [0.1, 0.15) is 28.9 Å². The van der Waals surface area contributed by atoms with E-state index in [0.29, 0.717) is 18.5 Å². The number of nitrogens with zero attached hydrogens (tertiary/aromatic N) is 2. The maximum Gasteiger partial charge on any atom is 0.274 e. The minimum absolute atomic E-state index is 0.0268. The van der Waals surface area contributed by atoms with Gasteiger partial charge in [0.2, 0.25) is 0 Å². The van der Waals surface area contributed by atoms with Gasteiger partial charge in [0.15, 0.2) is 0 Å². The van der Waals surface area contributed by atoms with Crippen molar-refractivity contribution in [3.63, 3.8) is 0 Å². The predicted octanol–water partition coefficient (Wildman–Crippen LogP) is 8.02. The molecule has 0 aliphatic carbocycles. The second kappa shape index (κ2) is 14.5. The first-order valence-electron chi connectivity index (χ1n) is 16.0. The van der Waals surface area contributed by atoms with Crippen LogP contribution in [-0.4, -0.2) is 22.5 Å². The van der Waals surface area contributed by atoms with Gasteiger partial charge in [0.25, 0.3) is 5.56 Å². The van der Waals surface area contributed by atoms with Crippen molar-refractivity contribution in [1.82, 2.24) is 9.78 Å². The Morgan fingerprint density at radius 3 is 1.71 bits per heavy atom. The number of hydrogen-bond acceptors (Lipinski definition) is 3. The van der Waals surface area contributed by atoms with Crippen LogP contribution in [-0.2, 0) is 6.54 Å². The summed E-state index contributed by atoms with van der Waals surface area (Å²) in [5.41, 5.74) is 1.78. The zero-order chi connectivity index (χ0) is 30.9. The Morgan fingerprint density at radius 1 is 0.622 bits per heavy atom. The third-order valence-corrected chi connectivity index (χ3v) is 13.0. The zero-order valence-electron chi connectivity index (χ0n) is 25.9. The van der Waals surface area contributed by atoms with Crippen molar-refractivity contribution in [3.05, 3.63) is 150 Å². The van der Waals surface area contributed by atoms with E-state index in [4.69, 9.17) is 9.84 Å². The summed E-state index contributed by atoms with van der Waals surface area (Å²) >= 11 is 0. The van der Waals surface area contributed by atoms with Crippen molar-refractivity contribution in [2.45, 2.75) is 39.2 Å². The number of ether oxygens (including phenoxy) is 1. The van der Waals surface area contributed by atoms with E-state index < -0.39 is 7.26 Å². The van der Waals surface area contributed by atoms with Gasteiger partial charge in [-0.05, 0) is 86.0 Å². The average molecular weight is 612 g/mol. The van der Waals surface area contributed by atoms with Crippen LogP contribution in [0.1, 0.15) is 32.6 Å². The van der Waals surface area contributed by atoms with Crippen LogP contribution < -0.4 is 26.2 Å². The highest BCUT2D eigenvalue weighted by Gasteiger charge is 2.44. The lowest BCUT2D eigenvalue weighted by Gasteiger charge is -2.27. The highest BCUT2D eigenvalue weighted by Crippen LogP contribution is 2.55. The molecule has 6 aromatic rings.